The number of aliphatic hydroxyl groups is 1. The highest BCUT2D eigenvalue weighted by molar-refractivity contribution is 5.99. The summed E-state index contributed by atoms with van der Waals surface area (Å²) >= 11 is 0. The number of carbonyl (C=O) groups is 10. The number of hydrogen-bond acceptors (Lipinski definition) is 20. The fraction of sp³-hybridized carbons (Fsp3) is 0.632. The van der Waals surface area contributed by atoms with Crippen LogP contribution in [0.5, 0.6) is 0 Å². The number of nitrogen functional groups attached to an aromatic ring is 2. The molecule has 1 aliphatic rings. The number of rotatable bonds is 48. The topological polar surface area (TPSA) is 428 Å². The normalized spacial score (nSPS) is 16.0. The molecular weight excluding hydrogens is 1380 g/mol. The van der Waals surface area contributed by atoms with Crippen molar-refractivity contribution in [3.63, 3.8) is 0 Å². The van der Waals surface area contributed by atoms with Gasteiger partial charge in [-0.05, 0) is 97.7 Å². The Morgan fingerprint density at radius 3 is 1.83 bits per heavy atom. The number of primary amides is 1. The minimum atomic E-state index is -1.13. The second kappa shape index (κ2) is 47.2. The molecule has 1 heterocycles. The van der Waals surface area contributed by atoms with Gasteiger partial charge in [-0.3, -0.25) is 43.3 Å². The SMILES string of the molecule is CC[C@H](C)[C@@H]([C@@H](CC(=O)N1CCC[C@H]1[C@H](OC)[C@@H](C)C(=O)N[C@H](C)[C@@H](O)c1ccccc1)OC)N(C)C(=O)[C@@H](NC(=O)[C@H](C(C)C)N(C)C(=O)OCc1ccc(NC(=O)[C@H](CCCNC(N)=O)NC(=O)[C@@H](NC(=O)CCOCCOCCOCCOCCNC(=O)c2ccc(N)c(N)c2)C(C)C)cc1)C(C)C. The maximum absolute atomic E-state index is 14.8. The van der Waals surface area contributed by atoms with Crippen LogP contribution in [0.4, 0.5) is 26.7 Å². The maximum Gasteiger partial charge on any atom is 0.410 e. The summed E-state index contributed by atoms with van der Waals surface area (Å²) in [5.74, 6) is -5.70. The Balaban J connectivity index is 1.27. The van der Waals surface area contributed by atoms with Crippen molar-refractivity contribution in [3.05, 3.63) is 89.5 Å². The van der Waals surface area contributed by atoms with Gasteiger partial charge in [0.2, 0.25) is 41.4 Å². The molecule has 0 aromatic heterocycles. The number of methoxy groups -OCH3 is 2. The molecule has 12 atom stereocenters. The molecule has 11 amide bonds. The number of likely N-dealkylation sites (N-methyl/N-ethyl adjacent to an activating group) is 2. The Labute approximate surface area is 630 Å². The molecule has 3 aromatic rings. The molecule has 107 heavy (non-hydrogen) atoms. The van der Waals surface area contributed by atoms with Crippen LogP contribution in [0, 0.1) is 29.6 Å². The zero-order valence-corrected chi connectivity index (χ0v) is 65.0. The first-order valence-electron chi connectivity index (χ1n) is 37.0. The van der Waals surface area contributed by atoms with Gasteiger partial charge in [0.05, 0.1) is 113 Å². The monoisotopic (exact) mass is 1500 g/mol. The molecule has 3 aromatic carbocycles. The lowest BCUT2D eigenvalue weighted by Crippen LogP contribution is -2.60. The number of nitrogens with two attached hydrogens (primary N) is 3. The van der Waals surface area contributed by atoms with E-state index in [9.17, 15) is 53.1 Å². The van der Waals surface area contributed by atoms with Gasteiger partial charge in [-0.2, -0.15) is 0 Å². The van der Waals surface area contributed by atoms with Gasteiger partial charge in [0.25, 0.3) is 5.91 Å². The smallest absolute Gasteiger partial charge is 0.410 e. The van der Waals surface area contributed by atoms with E-state index >= 15 is 0 Å². The second-order valence-electron chi connectivity index (χ2n) is 28.1. The fourth-order valence-electron chi connectivity index (χ4n) is 12.7. The van der Waals surface area contributed by atoms with Gasteiger partial charge in [0.15, 0.2) is 0 Å². The van der Waals surface area contributed by atoms with E-state index in [1.165, 1.54) is 32.2 Å². The van der Waals surface area contributed by atoms with Crippen molar-refractivity contribution >= 4 is 76.4 Å². The number of nitrogens with zero attached hydrogens (tertiary/aromatic N) is 3. The van der Waals surface area contributed by atoms with Crippen molar-refractivity contribution in [1.29, 1.82) is 0 Å². The summed E-state index contributed by atoms with van der Waals surface area (Å²) in [5.41, 5.74) is 19.4. The molecule has 0 unspecified atom stereocenters. The van der Waals surface area contributed by atoms with Crippen molar-refractivity contribution in [1.82, 2.24) is 46.6 Å². The summed E-state index contributed by atoms with van der Waals surface area (Å²) in [6.07, 6.45) is -1.19. The van der Waals surface area contributed by atoms with E-state index in [2.05, 4.69) is 37.2 Å². The third-order valence-electron chi connectivity index (χ3n) is 19.0. The van der Waals surface area contributed by atoms with Crippen molar-refractivity contribution in [2.45, 2.75) is 181 Å². The Morgan fingerprint density at radius 2 is 1.26 bits per heavy atom. The van der Waals surface area contributed by atoms with Gasteiger partial charge in [-0.1, -0.05) is 111 Å². The molecule has 0 aliphatic carbocycles. The number of likely N-dealkylation sites (tertiary alicyclic amines) is 1. The summed E-state index contributed by atoms with van der Waals surface area (Å²) in [4.78, 5) is 140. The van der Waals surface area contributed by atoms with E-state index in [1.807, 2.05) is 32.0 Å². The molecule has 1 aliphatic heterocycles. The van der Waals surface area contributed by atoms with Crippen LogP contribution in [0.2, 0.25) is 0 Å². The Hall–Kier alpha value is -8.72. The molecule has 1 fully saturated rings. The number of ether oxygens (including phenoxy) is 7. The second-order valence-corrected chi connectivity index (χ2v) is 28.1. The minimum absolute atomic E-state index is 0.0436. The number of amides is 11. The molecule has 598 valence electrons. The molecule has 31 heteroatoms. The number of urea groups is 1. The highest BCUT2D eigenvalue weighted by atomic mass is 16.6. The summed E-state index contributed by atoms with van der Waals surface area (Å²) in [5, 5.41) is 30.4. The van der Waals surface area contributed by atoms with E-state index in [0.29, 0.717) is 92.5 Å². The molecule has 0 bridgehead atoms. The first kappa shape index (κ1) is 90.7. The highest BCUT2D eigenvalue weighted by Crippen LogP contribution is 2.31. The van der Waals surface area contributed by atoms with Crippen molar-refractivity contribution < 1.29 is 86.2 Å². The van der Waals surface area contributed by atoms with E-state index in [-0.39, 0.29) is 88.9 Å². The van der Waals surface area contributed by atoms with E-state index < -0.39 is 126 Å². The Bertz CT molecular complexity index is 3280. The Morgan fingerprint density at radius 1 is 0.645 bits per heavy atom. The standard InChI is InChI=1S/C76H121N13O18/c1-15-49(8)66(60(101-13)44-62(91)89-34-20-24-59(89)68(102-14)50(9)69(93)82-51(10)67(92)53-21-17-16-18-22-53)87(11)74(98)64(47(4)5)86-73(97)65(48(6)7)88(12)76(100)107-45-52-25-28-55(29-26-52)83-71(95)58(23-19-32-81-75(79)99)84-72(96)63(46(2)3)85-61(90)31-35-103-37-39-105-41-42-106-40-38-104-36-33-80-70(94)54-27-30-56(77)57(78)43-54/h16-18,21-22,25-30,43,46-51,58-60,63-68,92H,15,19-20,23-24,31-42,44-45,77-78H2,1-14H3,(H,80,94)(H,82,93)(H,83,95)(H,84,96)(H,85,90)(H,86,97)(H3,79,81,99)/t49-,50+,51+,58-,59-,60+,63-,64-,65-,66-,67+,68+/m0/s1. The maximum atomic E-state index is 14.8. The summed E-state index contributed by atoms with van der Waals surface area (Å²) in [6, 6.07) is 13.3. The highest BCUT2D eigenvalue weighted by Gasteiger charge is 2.44. The van der Waals surface area contributed by atoms with Gasteiger partial charge in [-0.15, -0.1) is 0 Å². The number of benzene rings is 3. The number of nitrogens with one attached hydrogen (secondary N) is 7. The van der Waals surface area contributed by atoms with Crippen LogP contribution in [0.25, 0.3) is 0 Å². The van der Waals surface area contributed by atoms with E-state index in [0.717, 1.165) is 0 Å². The molecule has 31 nitrogen and oxygen atoms in total. The zero-order valence-electron chi connectivity index (χ0n) is 65.0. The summed E-state index contributed by atoms with van der Waals surface area (Å²) in [7, 11) is 6.08. The Kier molecular flexibility index (Phi) is 40.0. The first-order valence-corrected chi connectivity index (χ1v) is 37.0. The summed E-state index contributed by atoms with van der Waals surface area (Å²) < 4.78 is 39.9. The largest absolute Gasteiger partial charge is 0.445 e. The first-order chi connectivity index (χ1) is 50.9. The minimum Gasteiger partial charge on any atom is -0.445 e. The van der Waals surface area contributed by atoms with Gasteiger partial charge in [-0.25, -0.2) is 9.59 Å². The number of carbonyl (C=O) groups excluding carboxylic acids is 10. The fourth-order valence-corrected chi connectivity index (χ4v) is 12.7. The summed E-state index contributed by atoms with van der Waals surface area (Å²) in [6.45, 7) is 20.6. The number of anilines is 3. The lowest BCUT2D eigenvalue weighted by Gasteiger charge is -2.41. The van der Waals surface area contributed by atoms with Crippen LogP contribution in [-0.2, 0) is 73.3 Å². The average molecular weight is 1500 g/mol. The zero-order chi connectivity index (χ0) is 79.4. The van der Waals surface area contributed by atoms with E-state index in [4.69, 9.17) is 50.4 Å². The van der Waals surface area contributed by atoms with Crippen LogP contribution >= 0.6 is 0 Å². The van der Waals surface area contributed by atoms with Gasteiger partial charge in [0.1, 0.15) is 30.8 Å². The molecule has 0 saturated carbocycles. The van der Waals surface area contributed by atoms with Crippen LogP contribution in [0.3, 0.4) is 0 Å². The van der Waals surface area contributed by atoms with Gasteiger partial charge >= 0.3 is 12.1 Å². The molecular formula is C76H121N13O18. The third kappa shape index (κ3) is 29.8. The van der Waals surface area contributed by atoms with Crippen LogP contribution < -0.4 is 54.4 Å². The van der Waals surface area contributed by atoms with E-state index in [1.54, 1.807) is 121 Å². The van der Waals surface area contributed by atoms with Gasteiger partial charge in [0, 0.05) is 65.6 Å². The number of aliphatic hydroxyl groups excluding tert-OH is 1. The number of hydrogen-bond donors (Lipinski definition) is 11. The lowest BCUT2D eigenvalue weighted by molar-refractivity contribution is -0.148. The van der Waals surface area contributed by atoms with Crippen LogP contribution in [0.1, 0.15) is 142 Å². The van der Waals surface area contributed by atoms with Gasteiger partial charge < -0.3 is 102 Å². The van der Waals surface area contributed by atoms with Crippen LogP contribution in [0.15, 0.2) is 72.8 Å². The van der Waals surface area contributed by atoms with Crippen LogP contribution in [-0.4, -0.2) is 234 Å². The molecule has 0 radical (unpaired) electrons. The van der Waals surface area contributed by atoms with Crippen molar-refractivity contribution in [3.8, 4) is 0 Å². The lowest BCUT2D eigenvalue weighted by atomic mass is 9.89. The average Bonchev–Trinajstić information content (AvgIpc) is 1.78. The quantitative estimate of drug-likeness (QED) is 0.0271. The molecule has 4 rings (SSSR count). The van der Waals surface area contributed by atoms with Crippen molar-refractivity contribution in [2.75, 3.05) is 118 Å². The predicted molar refractivity (Wildman–Crippen MR) is 405 cm³/mol. The molecule has 14 N–H and O–H groups in total. The predicted octanol–water partition coefficient (Wildman–Crippen LogP) is 4.64. The third-order valence-corrected chi connectivity index (χ3v) is 19.0. The molecule has 0 spiro atoms. The molecule has 1 saturated heterocycles. The van der Waals surface area contributed by atoms with Crippen molar-refractivity contribution in [2.24, 2.45) is 35.3 Å².